The van der Waals surface area contributed by atoms with Gasteiger partial charge in [0, 0.05) is 6.54 Å². The van der Waals surface area contributed by atoms with E-state index in [4.69, 9.17) is 5.73 Å². The van der Waals surface area contributed by atoms with E-state index in [1.165, 1.54) is 0 Å². The highest BCUT2D eigenvalue weighted by molar-refractivity contribution is 5.90. The van der Waals surface area contributed by atoms with Crippen LogP contribution < -0.4 is 16.4 Å². The van der Waals surface area contributed by atoms with Crippen molar-refractivity contribution in [3.63, 3.8) is 0 Å². The van der Waals surface area contributed by atoms with Gasteiger partial charge in [-0.3, -0.25) is 9.59 Å². The summed E-state index contributed by atoms with van der Waals surface area (Å²) in [6, 6.07) is 0. The van der Waals surface area contributed by atoms with Crippen LogP contribution in [0.5, 0.6) is 0 Å². The van der Waals surface area contributed by atoms with Crippen LogP contribution in [0, 0.1) is 5.92 Å². The summed E-state index contributed by atoms with van der Waals surface area (Å²) in [4.78, 5) is 22.8. The van der Waals surface area contributed by atoms with Crippen LogP contribution in [0.3, 0.4) is 0 Å². The molecule has 1 heterocycles. The highest BCUT2D eigenvalue weighted by atomic mass is 35.5. The zero-order valence-electron chi connectivity index (χ0n) is 9.71. The van der Waals surface area contributed by atoms with E-state index in [1.807, 2.05) is 0 Å². The Morgan fingerprint density at radius 2 is 2.06 bits per heavy atom. The van der Waals surface area contributed by atoms with Crippen LogP contribution in [0.1, 0.15) is 26.7 Å². The summed E-state index contributed by atoms with van der Waals surface area (Å²) in [6.45, 7) is 4.87. The summed E-state index contributed by atoms with van der Waals surface area (Å²) in [5.74, 6) is -0.650. The topological polar surface area (TPSA) is 84.2 Å². The summed E-state index contributed by atoms with van der Waals surface area (Å²) >= 11 is 0. The van der Waals surface area contributed by atoms with Crippen molar-refractivity contribution in [2.45, 2.75) is 32.2 Å². The number of hydrogen-bond donors (Lipinski definition) is 3. The second kappa shape index (κ2) is 6.06. The van der Waals surface area contributed by atoms with E-state index < -0.39 is 11.4 Å². The van der Waals surface area contributed by atoms with Gasteiger partial charge in [-0.15, -0.1) is 12.4 Å². The predicted molar refractivity (Wildman–Crippen MR) is 64.3 cm³/mol. The van der Waals surface area contributed by atoms with Gasteiger partial charge in [-0.2, -0.15) is 0 Å². The lowest BCUT2D eigenvalue weighted by atomic mass is 9.96. The van der Waals surface area contributed by atoms with Gasteiger partial charge in [-0.25, -0.2) is 0 Å². The number of carbonyl (C=O) groups excluding carboxylic acids is 2. The molecule has 1 saturated heterocycles. The van der Waals surface area contributed by atoms with Gasteiger partial charge >= 0.3 is 0 Å². The fraction of sp³-hybridized carbons (Fsp3) is 0.800. The highest BCUT2D eigenvalue weighted by Crippen LogP contribution is 2.12. The minimum atomic E-state index is -0.964. The fourth-order valence-electron chi connectivity index (χ4n) is 1.55. The molecule has 16 heavy (non-hydrogen) atoms. The summed E-state index contributed by atoms with van der Waals surface area (Å²) in [7, 11) is 0. The Labute approximate surface area is 102 Å². The number of nitrogens with one attached hydrogen (secondary N) is 2. The molecule has 1 fully saturated rings. The van der Waals surface area contributed by atoms with E-state index in [2.05, 4.69) is 10.6 Å². The molecule has 2 amide bonds. The third-order valence-corrected chi connectivity index (χ3v) is 2.72. The van der Waals surface area contributed by atoms with Crippen LogP contribution >= 0.6 is 12.4 Å². The van der Waals surface area contributed by atoms with Crippen LogP contribution in [-0.4, -0.2) is 30.4 Å². The van der Waals surface area contributed by atoms with Crippen LogP contribution in [0.4, 0.5) is 0 Å². The molecule has 0 aliphatic carbocycles. The molecule has 0 aromatic heterocycles. The largest absolute Gasteiger partial charge is 0.368 e. The number of carbonyl (C=O) groups is 2. The Balaban J connectivity index is 0.00000225. The monoisotopic (exact) mass is 249 g/mol. The fourth-order valence-corrected chi connectivity index (χ4v) is 1.55. The number of amides is 2. The lowest BCUT2D eigenvalue weighted by Crippen LogP contribution is -2.55. The van der Waals surface area contributed by atoms with Crippen LogP contribution in [0.15, 0.2) is 0 Å². The van der Waals surface area contributed by atoms with Crippen LogP contribution in [-0.2, 0) is 9.59 Å². The smallest absolute Gasteiger partial charge is 0.242 e. The van der Waals surface area contributed by atoms with Crippen molar-refractivity contribution in [1.82, 2.24) is 10.6 Å². The first-order valence-corrected chi connectivity index (χ1v) is 5.26. The lowest BCUT2D eigenvalue weighted by molar-refractivity contribution is -0.133. The van der Waals surface area contributed by atoms with Gasteiger partial charge < -0.3 is 16.4 Å². The number of rotatable bonds is 3. The minimum absolute atomic E-state index is 0. The average Bonchev–Trinajstić information content (AvgIpc) is 2.18. The molecule has 4 N–H and O–H groups in total. The molecule has 1 aliphatic rings. The van der Waals surface area contributed by atoms with Crippen molar-refractivity contribution in [3.8, 4) is 0 Å². The number of primary amides is 1. The Morgan fingerprint density at radius 1 is 1.44 bits per heavy atom. The number of hydrogen-bond acceptors (Lipinski definition) is 3. The van der Waals surface area contributed by atoms with Gasteiger partial charge in [0.25, 0.3) is 0 Å². The molecule has 6 heteroatoms. The summed E-state index contributed by atoms with van der Waals surface area (Å²) in [5, 5.41) is 5.83. The molecule has 1 rings (SSSR count). The summed E-state index contributed by atoms with van der Waals surface area (Å²) in [5.41, 5.74) is 4.22. The molecule has 1 aliphatic heterocycles. The Morgan fingerprint density at radius 3 is 2.50 bits per heavy atom. The van der Waals surface area contributed by atoms with Gasteiger partial charge in [-0.1, -0.05) is 0 Å². The first-order chi connectivity index (χ1) is 6.93. The van der Waals surface area contributed by atoms with E-state index in [1.54, 1.807) is 13.8 Å². The van der Waals surface area contributed by atoms with Gasteiger partial charge in [-0.05, 0) is 33.2 Å². The zero-order valence-corrected chi connectivity index (χ0v) is 10.5. The van der Waals surface area contributed by atoms with Gasteiger partial charge in [0.15, 0.2) is 0 Å². The predicted octanol–water partition coefficient (Wildman–Crippen LogP) is -0.212. The third kappa shape index (κ3) is 3.98. The van der Waals surface area contributed by atoms with Crippen molar-refractivity contribution in [2.24, 2.45) is 11.7 Å². The average molecular weight is 250 g/mol. The minimum Gasteiger partial charge on any atom is -0.368 e. The molecule has 0 unspecified atom stereocenters. The molecule has 0 spiro atoms. The van der Waals surface area contributed by atoms with Crippen molar-refractivity contribution in [1.29, 1.82) is 0 Å². The van der Waals surface area contributed by atoms with E-state index in [9.17, 15) is 9.59 Å². The molecular formula is C10H20ClN3O2. The van der Waals surface area contributed by atoms with Crippen molar-refractivity contribution in [2.75, 3.05) is 13.1 Å². The van der Waals surface area contributed by atoms with Crippen molar-refractivity contribution < 1.29 is 9.59 Å². The second-order valence-electron chi connectivity index (χ2n) is 4.52. The standard InChI is InChI=1S/C10H19N3O2.ClH/c1-10(2,9(11)15)13-8(14)7-4-3-5-12-6-7;/h7,12H,3-6H2,1-2H3,(H2,11,15)(H,13,14);1H/t7-;/m1./s1. The molecular weight excluding hydrogens is 230 g/mol. The molecule has 0 aromatic rings. The molecule has 0 aromatic carbocycles. The van der Waals surface area contributed by atoms with E-state index in [0.717, 1.165) is 19.4 Å². The first kappa shape index (κ1) is 15.2. The summed E-state index contributed by atoms with van der Waals surface area (Å²) in [6.07, 6.45) is 1.86. The summed E-state index contributed by atoms with van der Waals surface area (Å²) < 4.78 is 0. The van der Waals surface area contributed by atoms with Crippen molar-refractivity contribution in [3.05, 3.63) is 0 Å². The van der Waals surface area contributed by atoms with Gasteiger partial charge in [0.1, 0.15) is 5.54 Å². The van der Waals surface area contributed by atoms with Gasteiger partial charge in [0.2, 0.25) is 11.8 Å². The first-order valence-electron chi connectivity index (χ1n) is 5.26. The maximum Gasteiger partial charge on any atom is 0.242 e. The number of nitrogens with two attached hydrogens (primary N) is 1. The quantitative estimate of drug-likeness (QED) is 0.647. The number of piperidine rings is 1. The van der Waals surface area contributed by atoms with Gasteiger partial charge in [0.05, 0.1) is 5.92 Å². The van der Waals surface area contributed by atoms with Crippen molar-refractivity contribution >= 4 is 24.2 Å². The molecule has 0 radical (unpaired) electrons. The molecule has 1 atom stereocenters. The van der Waals surface area contributed by atoms with E-state index >= 15 is 0 Å². The lowest BCUT2D eigenvalue weighted by Gasteiger charge is -2.27. The van der Waals surface area contributed by atoms with Crippen LogP contribution in [0.25, 0.3) is 0 Å². The molecule has 94 valence electrons. The number of halogens is 1. The SMILES string of the molecule is CC(C)(NC(=O)[C@@H]1CCCNC1)C(N)=O.Cl. The Kier molecular flexibility index (Phi) is 5.75. The van der Waals surface area contributed by atoms with E-state index in [-0.39, 0.29) is 24.2 Å². The Bertz CT molecular complexity index is 263. The Hall–Kier alpha value is -0.810. The maximum absolute atomic E-state index is 11.8. The normalized spacial score (nSPS) is 20.8. The molecule has 5 nitrogen and oxygen atoms in total. The second-order valence-corrected chi connectivity index (χ2v) is 4.52. The zero-order chi connectivity index (χ0) is 11.5. The molecule has 0 bridgehead atoms. The molecule has 0 saturated carbocycles. The highest BCUT2D eigenvalue weighted by Gasteiger charge is 2.30. The van der Waals surface area contributed by atoms with E-state index in [0.29, 0.717) is 6.54 Å². The van der Waals surface area contributed by atoms with Crippen LogP contribution in [0.2, 0.25) is 0 Å². The third-order valence-electron chi connectivity index (χ3n) is 2.72. The maximum atomic E-state index is 11.8.